The molecule has 1 aliphatic heterocycles. The number of benzene rings is 2. The number of ether oxygens (including phenoxy) is 3. The van der Waals surface area contributed by atoms with E-state index in [1.165, 1.54) is 23.7 Å². The summed E-state index contributed by atoms with van der Waals surface area (Å²) in [6.45, 7) is 5.97. The van der Waals surface area contributed by atoms with Crippen molar-refractivity contribution in [3.05, 3.63) is 68.4 Å². The number of aromatic nitrogens is 2. The van der Waals surface area contributed by atoms with Crippen molar-refractivity contribution in [3.63, 3.8) is 0 Å². The van der Waals surface area contributed by atoms with Gasteiger partial charge < -0.3 is 29.5 Å². The molecule has 0 unspecified atom stereocenters. The summed E-state index contributed by atoms with van der Waals surface area (Å²) in [5.41, 5.74) is 0.167. The summed E-state index contributed by atoms with van der Waals surface area (Å²) < 4.78 is 18.8. The van der Waals surface area contributed by atoms with Gasteiger partial charge in [0, 0.05) is 25.7 Å². The monoisotopic (exact) mass is 568 g/mol. The molecule has 2 heterocycles. The van der Waals surface area contributed by atoms with Crippen LogP contribution in [-0.4, -0.2) is 64.2 Å². The molecule has 0 spiro atoms. The minimum atomic E-state index is -0.999. The molecule has 0 radical (unpaired) electrons. The average molecular weight is 569 g/mol. The number of likely N-dealkylation sites (tertiary alicyclic amines) is 1. The zero-order valence-electron chi connectivity index (χ0n) is 23.9. The van der Waals surface area contributed by atoms with Crippen molar-refractivity contribution in [2.75, 3.05) is 27.3 Å². The number of alkyl carbamates (subject to hydrolysis) is 1. The fourth-order valence-corrected chi connectivity index (χ4v) is 5.00. The van der Waals surface area contributed by atoms with E-state index in [1.54, 1.807) is 61.7 Å². The summed E-state index contributed by atoms with van der Waals surface area (Å²) in [7, 11) is 3.03. The van der Waals surface area contributed by atoms with E-state index in [2.05, 4.69) is 5.32 Å². The van der Waals surface area contributed by atoms with Crippen LogP contribution in [0.1, 0.15) is 50.8 Å². The first-order valence-electron chi connectivity index (χ1n) is 13.4. The van der Waals surface area contributed by atoms with Crippen molar-refractivity contribution in [2.45, 2.75) is 58.3 Å². The molecule has 220 valence electrons. The zero-order chi connectivity index (χ0) is 29.9. The van der Waals surface area contributed by atoms with Gasteiger partial charge in [-0.25, -0.2) is 14.4 Å². The highest BCUT2D eigenvalue weighted by Gasteiger charge is 2.27. The molecule has 0 aliphatic carbocycles. The Morgan fingerprint density at radius 3 is 2.24 bits per heavy atom. The highest BCUT2D eigenvalue weighted by Crippen LogP contribution is 2.28. The van der Waals surface area contributed by atoms with E-state index in [-0.39, 0.29) is 32.2 Å². The van der Waals surface area contributed by atoms with Gasteiger partial charge in [0.1, 0.15) is 5.60 Å². The Morgan fingerprint density at radius 1 is 0.976 bits per heavy atom. The second-order valence-electron chi connectivity index (χ2n) is 10.9. The molecular weight excluding hydrogens is 532 g/mol. The first-order valence-corrected chi connectivity index (χ1v) is 13.4. The number of carbonyl (C=O) groups excluding carboxylic acids is 1. The Bertz CT molecular complexity index is 1560. The van der Waals surface area contributed by atoms with E-state index >= 15 is 0 Å². The summed E-state index contributed by atoms with van der Waals surface area (Å²) in [6, 6.07) is 10.0. The molecular formula is C29H36N4O8. The fraction of sp³-hybridized carbons (Fsp3) is 0.448. The number of amides is 2. The van der Waals surface area contributed by atoms with Gasteiger partial charge in [0.15, 0.2) is 11.5 Å². The minimum absolute atomic E-state index is 0.0116. The Morgan fingerprint density at radius 2 is 1.63 bits per heavy atom. The third-order valence-electron chi connectivity index (χ3n) is 6.96. The Kier molecular flexibility index (Phi) is 8.60. The molecule has 1 aromatic heterocycles. The molecule has 0 atom stereocenters. The topological polar surface area (TPSA) is 141 Å². The molecule has 2 aromatic carbocycles. The number of rotatable bonds is 7. The molecule has 1 fully saturated rings. The van der Waals surface area contributed by atoms with Crippen LogP contribution in [0.15, 0.2) is 46.0 Å². The number of nitrogens with zero attached hydrogens (tertiary/aromatic N) is 3. The molecule has 3 aromatic rings. The van der Waals surface area contributed by atoms with Crippen LogP contribution in [0.5, 0.6) is 11.5 Å². The van der Waals surface area contributed by atoms with Crippen LogP contribution in [0.4, 0.5) is 9.59 Å². The van der Waals surface area contributed by atoms with Gasteiger partial charge in [0.05, 0.1) is 31.7 Å². The lowest BCUT2D eigenvalue weighted by Gasteiger charge is -2.32. The molecule has 0 bridgehead atoms. The summed E-state index contributed by atoms with van der Waals surface area (Å²) in [5, 5.41) is 12.4. The van der Waals surface area contributed by atoms with Crippen molar-refractivity contribution < 1.29 is 28.9 Å². The number of nitrogens with one attached hydrogen (secondary N) is 1. The van der Waals surface area contributed by atoms with Crippen molar-refractivity contribution in [1.29, 1.82) is 0 Å². The average Bonchev–Trinajstić information content (AvgIpc) is 2.93. The number of fused-ring (bicyclic) bond motifs is 1. The predicted octanol–water partition coefficient (Wildman–Crippen LogP) is 3.57. The third kappa shape index (κ3) is 6.64. The van der Waals surface area contributed by atoms with Crippen LogP contribution in [0.2, 0.25) is 0 Å². The lowest BCUT2D eigenvalue weighted by Crippen LogP contribution is -2.45. The Balaban J connectivity index is 1.77. The number of methoxy groups -OCH3 is 2. The van der Waals surface area contributed by atoms with Crippen LogP contribution in [0.25, 0.3) is 10.9 Å². The highest BCUT2D eigenvalue weighted by molar-refractivity contribution is 5.79. The van der Waals surface area contributed by atoms with Crippen molar-refractivity contribution in [3.8, 4) is 11.5 Å². The van der Waals surface area contributed by atoms with Crippen LogP contribution in [0.3, 0.4) is 0 Å². The Labute approximate surface area is 237 Å². The predicted molar refractivity (Wildman–Crippen MR) is 152 cm³/mol. The number of carbonyl (C=O) groups is 2. The summed E-state index contributed by atoms with van der Waals surface area (Å²) in [4.78, 5) is 52.6. The van der Waals surface area contributed by atoms with Crippen LogP contribution < -0.4 is 26.0 Å². The van der Waals surface area contributed by atoms with Crippen LogP contribution in [-0.2, 0) is 17.8 Å². The highest BCUT2D eigenvalue weighted by atomic mass is 16.6. The molecule has 2 amide bonds. The molecule has 41 heavy (non-hydrogen) atoms. The van der Waals surface area contributed by atoms with E-state index < -0.39 is 29.0 Å². The molecule has 1 saturated heterocycles. The number of hydrogen-bond donors (Lipinski definition) is 2. The van der Waals surface area contributed by atoms with Gasteiger partial charge in [-0.1, -0.05) is 12.1 Å². The molecule has 0 saturated carbocycles. The van der Waals surface area contributed by atoms with E-state index in [0.717, 1.165) is 0 Å². The van der Waals surface area contributed by atoms with E-state index in [1.807, 2.05) is 0 Å². The van der Waals surface area contributed by atoms with Gasteiger partial charge in [-0.2, -0.15) is 0 Å². The van der Waals surface area contributed by atoms with Gasteiger partial charge in [0.25, 0.3) is 5.56 Å². The van der Waals surface area contributed by atoms with Gasteiger partial charge in [-0.05, 0) is 69.0 Å². The summed E-state index contributed by atoms with van der Waals surface area (Å²) in [5.74, 6) is 0.988. The zero-order valence-corrected chi connectivity index (χ0v) is 23.9. The largest absolute Gasteiger partial charge is 0.493 e. The van der Waals surface area contributed by atoms with Crippen molar-refractivity contribution >= 4 is 23.1 Å². The van der Waals surface area contributed by atoms with E-state index in [4.69, 9.17) is 14.2 Å². The maximum atomic E-state index is 13.9. The normalized spacial score (nSPS) is 14.1. The molecule has 1 aliphatic rings. The van der Waals surface area contributed by atoms with Crippen LogP contribution >= 0.6 is 0 Å². The maximum absolute atomic E-state index is 13.9. The van der Waals surface area contributed by atoms with Gasteiger partial charge in [-0.3, -0.25) is 13.9 Å². The standard InChI is InChI=1S/C29H36N4O8/c1-29(2,3)41-26(35)30-16-18-6-8-22-21(14-18)25(34)32(17-19-7-9-23(39-4)24(15-19)40-5)27(36)33(22)20-10-12-31(13-11-20)28(37)38/h6-9,14-15,20H,10-13,16-17H2,1-5H3,(H,30,35)(H,37,38). The quantitative estimate of drug-likeness (QED) is 0.441. The second-order valence-corrected chi connectivity index (χ2v) is 10.9. The first-order chi connectivity index (χ1) is 19.4. The van der Waals surface area contributed by atoms with Gasteiger partial charge in [-0.15, -0.1) is 0 Å². The number of hydrogen-bond acceptors (Lipinski definition) is 7. The van der Waals surface area contributed by atoms with Crippen molar-refractivity contribution in [1.82, 2.24) is 19.4 Å². The SMILES string of the molecule is COc1ccc(Cn2c(=O)c3cc(CNC(=O)OC(C)(C)C)ccc3n(C3CCN(C(=O)O)CC3)c2=O)cc1OC. The van der Waals surface area contributed by atoms with Gasteiger partial charge in [0.2, 0.25) is 0 Å². The maximum Gasteiger partial charge on any atom is 0.407 e. The third-order valence-corrected chi connectivity index (χ3v) is 6.96. The molecule has 12 heteroatoms. The molecule has 12 nitrogen and oxygen atoms in total. The van der Waals surface area contributed by atoms with Crippen LogP contribution in [0, 0.1) is 0 Å². The summed E-state index contributed by atoms with van der Waals surface area (Å²) >= 11 is 0. The lowest BCUT2D eigenvalue weighted by molar-refractivity contribution is 0.0523. The first kappa shape index (κ1) is 29.5. The van der Waals surface area contributed by atoms with E-state index in [9.17, 15) is 24.3 Å². The fourth-order valence-electron chi connectivity index (χ4n) is 5.00. The smallest absolute Gasteiger partial charge is 0.407 e. The summed E-state index contributed by atoms with van der Waals surface area (Å²) in [6.07, 6.45) is -0.727. The Hall–Kier alpha value is -4.48. The molecule has 4 rings (SSSR count). The number of piperidine rings is 1. The van der Waals surface area contributed by atoms with E-state index in [0.29, 0.717) is 46.4 Å². The number of carboxylic acid groups (broad SMARTS) is 1. The van der Waals surface area contributed by atoms with Gasteiger partial charge >= 0.3 is 17.9 Å². The minimum Gasteiger partial charge on any atom is -0.493 e. The van der Waals surface area contributed by atoms with Crippen molar-refractivity contribution in [2.24, 2.45) is 0 Å². The molecule has 2 N–H and O–H groups in total. The lowest BCUT2D eigenvalue weighted by atomic mass is 10.0. The second kappa shape index (κ2) is 11.9.